The molecule has 0 aromatic rings. The van der Waals surface area contributed by atoms with Crippen molar-refractivity contribution in [3.8, 4) is 0 Å². The Labute approximate surface area is 68.0 Å². The molecule has 1 aliphatic rings. The van der Waals surface area contributed by atoms with Crippen LogP contribution < -0.4 is 0 Å². The first-order valence-electron chi connectivity index (χ1n) is 3.73. The lowest BCUT2D eigenvalue weighted by Gasteiger charge is -2.12. The topological polar surface area (TPSA) is 26.3 Å². The Morgan fingerprint density at radius 1 is 1.82 bits per heavy atom. The molecule has 2 nitrogen and oxygen atoms in total. The van der Waals surface area contributed by atoms with Gasteiger partial charge in [0.05, 0.1) is 21.4 Å². The smallest absolute Gasteiger partial charge is 0.306 e. The van der Waals surface area contributed by atoms with Crippen molar-refractivity contribution in [1.82, 2.24) is 0 Å². The van der Waals surface area contributed by atoms with E-state index in [1.807, 2.05) is 12.2 Å². The van der Waals surface area contributed by atoms with E-state index >= 15 is 0 Å². The van der Waals surface area contributed by atoms with Crippen molar-refractivity contribution in [2.45, 2.75) is 18.7 Å². The first-order chi connectivity index (χ1) is 5.24. The van der Waals surface area contributed by atoms with Gasteiger partial charge in [-0.15, -0.1) is 0 Å². The van der Waals surface area contributed by atoms with E-state index in [0.717, 1.165) is 6.42 Å². The van der Waals surface area contributed by atoms with Crippen LogP contribution in [0, 0.1) is 5.92 Å². The number of methoxy groups -OCH3 is 1. The van der Waals surface area contributed by atoms with E-state index in [-0.39, 0.29) is 17.7 Å². The van der Waals surface area contributed by atoms with Crippen molar-refractivity contribution in [2.75, 3.05) is 7.11 Å². The Morgan fingerprint density at radius 2 is 2.55 bits per heavy atom. The maximum atomic E-state index is 10.8. The Balaban J connectivity index is 2.36. The van der Waals surface area contributed by atoms with Crippen molar-refractivity contribution < 1.29 is 9.53 Å². The Morgan fingerprint density at radius 3 is 3.00 bits per heavy atom. The first kappa shape index (κ1) is 8.37. The highest BCUT2D eigenvalue weighted by Gasteiger charge is 2.20. The fourth-order valence-corrected chi connectivity index (χ4v) is 1.22. The highest BCUT2D eigenvalue weighted by molar-refractivity contribution is 6.12. The van der Waals surface area contributed by atoms with Crippen LogP contribution in [0.15, 0.2) is 12.2 Å². The van der Waals surface area contributed by atoms with Gasteiger partial charge < -0.3 is 4.74 Å². The van der Waals surface area contributed by atoms with Gasteiger partial charge in [-0.3, -0.25) is 4.79 Å². The molecule has 0 saturated carbocycles. The average Bonchev–Trinajstić information content (AvgIpc) is 2.37. The van der Waals surface area contributed by atoms with Gasteiger partial charge in [-0.25, -0.2) is 0 Å². The monoisotopic (exact) mass is 150 g/mol. The SMILES string of the molecule is [B]C1CC=CC1CC(=O)OC. The number of hydrogen-bond acceptors (Lipinski definition) is 2. The summed E-state index contributed by atoms with van der Waals surface area (Å²) in [6.07, 6.45) is 5.29. The summed E-state index contributed by atoms with van der Waals surface area (Å²) in [5.74, 6) is 0.105. The van der Waals surface area contributed by atoms with Gasteiger partial charge in [-0.05, 0) is 12.3 Å². The van der Waals surface area contributed by atoms with E-state index < -0.39 is 0 Å². The summed E-state index contributed by atoms with van der Waals surface area (Å²) in [7, 11) is 7.11. The molecule has 0 aliphatic heterocycles. The normalized spacial score (nSPS) is 28.8. The molecule has 0 heterocycles. The van der Waals surface area contributed by atoms with Crippen molar-refractivity contribution in [1.29, 1.82) is 0 Å². The molecule has 11 heavy (non-hydrogen) atoms. The van der Waals surface area contributed by atoms with E-state index in [1.54, 1.807) is 0 Å². The number of allylic oxidation sites excluding steroid dienone is 2. The predicted octanol–water partition coefficient (Wildman–Crippen LogP) is 1.08. The molecule has 2 radical (unpaired) electrons. The molecule has 0 N–H and O–H groups in total. The standard InChI is InChI=1S/C8H11BO2/c1-11-8(10)5-6-3-2-4-7(6)9/h2-3,6-7H,4-5H2,1H3. The van der Waals surface area contributed by atoms with Crippen LogP contribution in [0.2, 0.25) is 5.82 Å². The van der Waals surface area contributed by atoms with Crippen LogP contribution in [-0.4, -0.2) is 20.9 Å². The number of carbonyl (C=O) groups excluding carboxylic acids is 1. The zero-order valence-electron chi connectivity index (χ0n) is 6.62. The second kappa shape index (κ2) is 3.60. The van der Waals surface area contributed by atoms with Crippen LogP contribution in [0.5, 0.6) is 0 Å². The highest BCUT2D eigenvalue weighted by atomic mass is 16.5. The van der Waals surface area contributed by atoms with Gasteiger partial charge >= 0.3 is 5.97 Å². The molecule has 0 fully saturated rings. The minimum atomic E-state index is -0.183. The quantitative estimate of drug-likeness (QED) is 0.334. The fraction of sp³-hybridized carbons (Fsp3) is 0.625. The second-order valence-corrected chi connectivity index (χ2v) is 2.77. The van der Waals surface area contributed by atoms with E-state index in [1.165, 1.54) is 7.11 Å². The third kappa shape index (κ3) is 2.10. The zero-order valence-corrected chi connectivity index (χ0v) is 6.62. The number of carbonyl (C=O) groups is 1. The Kier molecular flexibility index (Phi) is 2.74. The summed E-state index contributed by atoms with van der Waals surface area (Å²) < 4.78 is 4.53. The number of rotatable bonds is 2. The van der Waals surface area contributed by atoms with Crippen molar-refractivity contribution in [3.05, 3.63) is 12.2 Å². The van der Waals surface area contributed by atoms with Crippen molar-refractivity contribution in [2.24, 2.45) is 5.92 Å². The van der Waals surface area contributed by atoms with Gasteiger partial charge in [-0.1, -0.05) is 18.0 Å². The van der Waals surface area contributed by atoms with Gasteiger partial charge in [0.1, 0.15) is 0 Å². The second-order valence-electron chi connectivity index (χ2n) is 2.77. The van der Waals surface area contributed by atoms with Gasteiger partial charge in [0, 0.05) is 0 Å². The Hall–Kier alpha value is -0.725. The summed E-state index contributed by atoms with van der Waals surface area (Å²) in [5.41, 5.74) is 0. The molecule has 0 saturated heterocycles. The van der Waals surface area contributed by atoms with Crippen LogP contribution in [0.3, 0.4) is 0 Å². The molecule has 0 bridgehead atoms. The number of hydrogen-bond donors (Lipinski definition) is 0. The molecule has 0 aromatic heterocycles. The lowest BCUT2D eigenvalue weighted by molar-refractivity contribution is -0.141. The zero-order chi connectivity index (χ0) is 8.27. The van der Waals surface area contributed by atoms with Gasteiger partial charge in [0.25, 0.3) is 0 Å². The van der Waals surface area contributed by atoms with Gasteiger partial charge in [0.15, 0.2) is 0 Å². The molecule has 58 valence electrons. The lowest BCUT2D eigenvalue weighted by atomic mass is 9.77. The summed E-state index contributed by atoms with van der Waals surface area (Å²) in [6, 6.07) is 0. The first-order valence-corrected chi connectivity index (χ1v) is 3.73. The van der Waals surface area contributed by atoms with Gasteiger partial charge in [-0.2, -0.15) is 0 Å². The van der Waals surface area contributed by atoms with E-state index in [0.29, 0.717) is 6.42 Å². The molecular formula is C8H11BO2. The fourth-order valence-electron chi connectivity index (χ4n) is 1.22. The van der Waals surface area contributed by atoms with Gasteiger partial charge in [0.2, 0.25) is 0 Å². The van der Waals surface area contributed by atoms with E-state index in [2.05, 4.69) is 4.74 Å². The minimum absolute atomic E-state index is 0.106. The molecular weight excluding hydrogens is 139 g/mol. The molecule has 2 unspecified atom stereocenters. The predicted molar refractivity (Wildman–Crippen MR) is 43.4 cm³/mol. The molecule has 2 atom stereocenters. The number of ether oxygens (including phenoxy) is 1. The highest BCUT2D eigenvalue weighted by Crippen LogP contribution is 2.30. The maximum Gasteiger partial charge on any atom is 0.306 e. The van der Waals surface area contributed by atoms with Crippen LogP contribution in [0.25, 0.3) is 0 Å². The minimum Gasteiger partial charge on any atom is -0.469 e. The molecule has 0 spiro atoms. The average molecular weight is 150 g/mol. The summed E-state index contributed by atoms with van der Waals surface area (Å²) >= 11 is 0. The molecule has 1 rings (SSSR count). The molecule has 1 aliphatic carbocycles. The largest absolute Gasteiger partial charge is 0.469 e. The van der Waals surface area contributed by atoms with Crippen LogP contribution in [-0.2, 0) is 9.53 Å². The lowest BCUT2D eigenvalue weighted by Crippen LogP contribution is -2.10. The van der Waals surface area contributed by atoms with Crippen molar-refractivity contribution in [3.63, 3.8) is 0 Å². The summed E-state index contributed by atoms with van der Waals surface area (Å²) in [5, 5.41) is 0. The molecule has 3 heteroatoms. The van der Waals surface area contributed by atoms with E-state index in [4.69, 9.17) is 7.85 Å². The third-order valence-corrected chi connectivity index (χ3v) is 1.97. The molecule has 0 amide bonds. The van der Waals surface area contributed by atoms with Crippen LogP contribution >= 0.6 is 0 Å². The summed E-state index contributed by atoms with van der Waals surface area (Å²) in [6.45, 7) is 0. The van der Waals surface area contributed by atoms with Crippen LogP contribution in [0.1, 0.15) is 12.8 Å². The van der Waals surface area contributed by atoms with Crippen LogP contribution in [0.4, 0.5) is 0 Å². The third-order valence-electron chi connectivity index (χ3n) is 1.97. The number of esters is 1. The maximum absolute atomic E-state index is 10.8. The summed E-state index contributed by atoms with van der Waals surface area (Å²) in [4.78, 5) is 10.8. The van der Waals surface area contributed by atoms with E-state index in [9.17, 15) is 4.79 Å². The Bertz CT molecular complexity index is 177. The van der Waals surface area contributed by atoms with Crippen molar-refractivity contribution >= 4 is 13.8 Å². The molecule has 0 aromatic carbocycles.